The van der Waals surface area contributed by atoms with Gasteiger partial charge in [-0.3, -0.25) is 4.79 Å². The molecule has 0 bridgehead atoms. The molecule has 6 heteroatoms. The molecule has 0 radical (unpaired) electrons. The monoisotopic (exact) mass is 527 g/mol. The molecule has 6 nitrogen and oxygen atoms in total. The molecule has 2 aromatic rings. The van der Waals surface area contributed by atoms with Crippen LogP contribution in [0, 0.1) is 0 Å². The third-order valence-corrected chi connectivity index (χ3v) is 6.23. The van der Waals surface area contributed by atoms with Crippen molar-refractivity contribution >= 4 is 18.1 Å². The van der Waals surface area contributed by atoms with E-state index in [9.17, 15) is 15.0 Å². The molecule has 0 unspecified atom stereocenters. The fourth-order valence-corrected chi connectivity index (χ4v) is 4.08. The minimum absolute atomic E-state index is 0.0235. The number of aromatic hydroxyl groups is 3. The van der Waals surface area contributed by atoms with Crippen LogP contribution in [0.2, 0.25) is 0 Å². The number of hydrogen-bond acceptors (Lipinski definition) is 5. The van der Waals surface area contributed by atoms with Gasteiger partial charge >= 0.3 is 0 Å². The van der Waals surface area contributed by atoms with Crippen LogP contribution in [0.15, 0.2) is 42.5 Å². The number of nitrogens with one attached hydrogen (secondary N) is 1. The van der Waals surface area contributed by atoms with Crippen LogP contribution in [-0.2, 0) is 4.79 Å². The van der Waals surface area contributed by atoms with E-state index in [1.807, 2.05) is 6.08 Å². The summed E-state index contributed by atoms with van der Waals surface area (Å²) in [6.07, 6.45) is 21.5. The first-order valence-corrected chi connectivity index (χ1v) is 14.3. The van der Waals surface area contributed by atoms with E-state index in [2.05, 4.69) is 12.2 Å². The van der Waals surface area contributed by atoms with E-state index >= 15 is 0 Å². The van der Waals surface area contributed by atoms with Gasteiger partial charge in [0, 0.05) is 19.0 Å². The number of rotatable bonds is 18. The van der Waals surface area contributed by atoms with Crippen LogP contribution < -0.4 is 5.32 Å². The third kappa shape index (κ3) is 18.3. The van der Waals surface area contributed by atoms with E-state index < -0.39 is 0 Å². The van der Waals surface area contributed by atoms with E-state index in [4.69, 9.17) is 10.2 Å². The zero-order valence-electron chi connectivity index (χ0n) is 23.2. The molecule has 0 aromatic heterocycles. The molecule has 0 fully saturated rings. The summed E-state index contributed by atoms with van der Waals surface area (Å²) >= 11 is 0. The lowest BCUT2D eigenvalue weighted by molar-refractivity contribution is -0.121. The predicted molar refractivity (Wildman–Crippen MR) is 157 cm³/mol. The molecule has 2 aromatic carbocycles. The molecule has 0 heterocycles. The van der Waals surface area contributed by atoms with Gasteiger partial charge in [0.2, 0.25) is 5.91 Å². The minimum atomic E-state index is 0.0235. The maximum Gasteiger partial charge on any atom is 0.220 e. The molecule has 5 N–H and O–H groups in total. The Kier molecular flexibility index (Phi) is 19.2. The molecule has 0 aliphatic carbocycles. The van der Waals surface area contributed by atoms with Crippen molar-refractivity contribution in [3.8, 4) is 17.2 Å². The van der Waals surface area contributed by atoms with Crippen molar-refractivity contribution in [2.24, 2.45) is 0 Å². The Morgan fingerprint density at radius 1 is 0.658 bits per heavy atom. The van der Waals surface area contributed by atoms with Crippen molar-refractivity contribution in [1.82, 2.24) is 5.32 Å². The van der Waals surface area contributed by atoms with Crippen LogP contribution in [-0.4, -0.2) is 39.5 Å². The lowest BCUT2D eigenvalue weighted by atomic mass is 10.0. The maximum absolute atomic E-state index is 11.3. The highest BCUT2D eigenvalue weighted by Crippen LogP contribution is 2.22. The topological polar surface area (TPSA) is 110 Å². The number of aliphatic hydroxyl groups excluding tert-OH is 1. The van der Waals surface area contributed by atoms with Gasteiger partial charge in [0.1, 0.15) is 17.2 Å². The Bertz CT molecular complexity index is 875. The molecular formula is C32H49NO5. The van der Waals surface area contributed by atoms with Crippen LogP contribution in [0.25, 0.3) is 12.2 Å². The first-order valence-electron chi connectivity index (χ1n) is 14.3. The quantitative estimate of drug-likeness (QED) is 0.102. The Balaban J connectivity index is 0.000000386. The van der Waals surface area contributed by atoms with Crippen molar-refractivity contribution in [1.29, 1.82) is 0 Å². The zero-order valence-corrected chi connectivity index (χ0v) is 23.2. The average molecular weight is 528 g/mol. The van der Waals surface area contributed by atoms with E-state index in [1.54, 1.807) is 42.5 Å². The van der Waals surface area contributed by atoms with Crippen molar-refractivity contribution in [3.05, 3.63) is 53.6 Å². The summed E-state index contributed by atoms with van der Waals surface area (Å²) in [5.41, 5.74) is 1.63. The smallest absolute Gasteiger partial charge is 0.220 e. The number of phenolic OH excluding ortho intramolecular Hbond substituents is 3. The molecule has 0 saturated heterocycles. The number of phenols is 3. The second kappa shape index (κ2) is 22.0. The van der Waals surface area contributed by atoms with Gasteiger partial charge in [-0.2, -0.15) is 0 Å². The third-order valence-electron chi connectivity index (χ3n) is 6.23. The SMILES string of the molecule is CCCCCCCCCCCCCCCC(=O)NCCO.Oc1ccc(/C=C/c2cc(O)cc(O)c2)cc1. The van der Waals surface area contributed by atoms with Gasteiger partial charge in [-0.25, -0.2) is 0 Å². The van der Waals surface area contributed by atoms with E-state index in [0.717, 1.165) is 18.4 Å². The standard InChI is InChI=1S/C18H37NO2.C14H12O3/c1-2-3-4-5-6-7-8-9-10-11-12-13-14-15-18(21)19-16-17-20;15-12-5-3-10(4-6-12)1-2-11-7-13(16)9-14(17)8-11/h20H,2-17H2,1H3,(H,19,21);1-9,15-17H/b;2-1+. The molecule has 1 amide bonds. The number of carbonyl (C=O) groups excluding carboxylic acids is 1. The van der Waals surface area contributed by atoms with Crippen LogP contribution in [0.3, 0.4) is 0 Å². The molecule has 38 heavy (non-hydrogen) atoms. The molecule has 0 atom stereocenters. The van der Waals surface area contributed by atoms with E-state index in [-0.39, 0.29) is 29.8 Å². The molecule has 212 valence electrons. The highest BCUT2D eigenvalue weighted by molar-refractivity contribution is 5.75. The minimum Gasteiger partial charge on any atom is -0.508 e. The van der Waals surface area contributed by atoms with Crippen molar-refractivity contribution < 1.29 is 25.2 Å². The number of carbonyl (C=O) groups is 1. The Labute approximate surface area is 229 Å². The van der Waals surface area contributed by atoms with Gasteiger partial charge < -0.3 is 25.7 Å². The first-order chi connectivity index (χ1) is 18.4. The van der Waals surface area contributed by atoms with E-state index in [0.29, 0.717) is 18.5 Å². The maximum atomic E-state index is 11.3. The van der Waals surface area contributed by atoms with Gasteiger partial charge in [0.25, 0.3) is 0 Å². The van der Waals surface area contributed by atoms with Crippen LogP contribution in [0.4, 0.5) is 0 Å². The van der Waals surface area contributed by atoms with Gasteiger partial charge in [-0.1, -0.05) is 108 Å². The predicted octanol–water partition coefficient (Wildman–Crippen LogP) is 7.55. The number of unbranched alkanes of at least 4 members (excludes halogenated alkanes) is 12. The summed E-state index contributed by atoms with van der Waals surface area (Å²) in [5, 5.41) is 39.0. The Morgan fingerprint density at radius 2 is 1.13 bits per heavy atom. The van der Waals surface area contributed by atoms with Crippen LogP contribution >= 0.6 is 0 Å². The van der Waals surface area contributed by atoms with Crippen molar-refractivity contribution in [2.45, 2.75) is 96.8 Å². The largest absolute Gasteiger partial charge is 0.508 e. The van der Waals surface area contributed by atoms with Gasteiger partial charge in [-0.15, -0.1) is 0 Å². The van der Waals surface area contributed by atoms with Gasteiger partial charge in [0.15, 0.2) is 0 Å². The number of amides is 1. The molecule has 0 saturated carbocycles. The summed E-state index contributed by atoms with van der Waals surface area (Å²) in [5.74, 6) is 0.343. The van der Waals surface area contributed by atoms with Gasteiger partial charge in [0.05, 0.1) is 6.61 Å². The van der Waals surface area contributed by atoms with E-state index in [1.165, 1.54) is 76.7 Å². The molecule has 0 aliphatic rings. The fraction of sp³-hybridized carbons (Fsp3) is 0.531. The molecular weight excluding hydrogens is 478 g/mol. The lowest BCUT2D eigenvalue weighted by Gasteiger charge is -2.04. The van der Waals surface area contributed by atoms with Gasteiger partial charge in [-0.05, 0) is 41.8 Å². The summed E-state index contributed by atoms with van der Waals surface area (Å²) in [7, 11) is 0. The Hall–Kier alpha value is -2.99. The average Bonchev–Trinajstić information content (AvgIpc) is 2.89. The first kappa shape index (κ1) is 33.0. The number of aliphatic hydroxyl groups is 1. The summed E-state index contributed by atoms with van der Waals surface area (Å²) in [4.78, 5) is 11.3. The number of benzene rings is 2. The molecule has 2 rings (SSSR count). The summed E-state index contributed by atoms with van der Waals surface area (Å²) < 4.78 is 0. The summed E-state index contributed by atoms with van der Waals surface area (Å²) in [6.45, 7) is 2.68. The molecule has 0 aliphatic heterocycles. The van der Waals surface area contributed by atoms with Crippen molar-refractivity contribution in [2.75, 3.05) is 13.2 Å². The lowest BCUT2D eigenvalue weighted by Crippen LogP contribution is -2.25. The molecule has 0 spiro atoms. The fourth-order valence-electron chi connectivity index (χ4n) is 4.08. The normalized spacial score (nSPS) is 10.8. The summed E-state index contributed by atoms with van der Waals surface area (Å²) in [6, 6.07) is 11.1. The number of hydrogen-bond donors (Lipinski definition) is 5. The zero-order chi connectivity index (χ0) is 27.8. The second-order valence-electron chi connectivity index (χ2n) is 9.77. The highest BCUT2D eigenvalue weighted by Gasteiger charge is 2.00. The van der Waals surface area contributed by atoms with Crippen LogP contribution in [0.5, 0.6) is 17.2 Å². The highest BCUT2D eigenvalue weighted by atomic mass is 16.3. The Morgan fingerprint density at radius 3 is 1.63 bits per heavy atom. The van der Waals surface area contributed by atoms with Crippen molar-refractivity contribution in [3.63, 3.8) is 0 Å². The second-order valence-corrected chi connectivity index (χ2v) is 9.77. The van der Waals surface area contributed by atoms with Crippen LogP contribution in [0.1, 0.15) is 108 Å².